The molecule has 250 valence electrons. The summed E-state index contributed by atoms with van der Waals surface area (Å²) < 4.78 is 10.8. The molecule has 3 N–H and O–H groups in total. The number of carboxylic acid groups (broad SMARTS) is 2. The predicted octanol–water partition coefficient (Wildman–Crippen LogP) is 5.36. The van der Waals surface area contributed by atoms with E-state index in [0.717, 1.165) is 57.2 Å². The van der Waals surface area contributed by atoms with Gasteiger partial charge in [-0.25, -0.2) is 24.7 Å². The third kappa shape index (κ3) is 5.39. The summed E-state index contributed by atoms with van der Waals surface area (Å²) >= 11 is 2.21. The molecule has 2 aromatic heterocycles. The average Bonchev–Trinajstić information content (AvgIpc) is 3.68. The summed E-state index contributed by atoms with van der Waals surface area (Å²) in [6.45, 7) is 10.0. The van der Waals surface area contributed by atoms with Gasteiger partial charge >= 0.3 is 17.9 Å². The number of carbonyl (C=O) groups is 3. The highest BCUT2D eigenvalue weighted by molar-refractivity contribution is 14.1. The highest BCUT2D eigenvalue weighted by Gasteiger charge is 2.38. The number of aliphatic carboxylic acids is 1. The molecule has 0 saturated heterocycles. The van der Waals surface area contributed by atoms with Crippen LogP contribution in [-0.2, 0) is 14.3 Å². The number of methoxy groups -OCH3 is 1. The van der Waals surface area contributed by atoms with Crippen LogP contribution >= 0.6 is 22.6 Å². The van der Waals surface area contributed by atoms with Gasteiger partial charge in [0.2, 0.25) is 0 Å². The summed E-state index contributed by atoms with van der Waals surface area (Å²) in [6, 6.07) is 0. The van der Waals surface area contributed by atoms with Gasteiger partial charge in [0.1, 0.15) is 0 Å². The quantitative estimate of drug-likeness (QED) is 0.230. The molecule has 0 radical (unpaired) electrons. The fraction of sp³-hybridized carbons (Fsp3) is 0.361. The summed E-state index contributed by atoms with van der Waals surface area (Å²) in [6.07, 6.45) is 9.44. The first-order valence-electron chi connectivity index (χ1n) is 16.0. The van der Waals surface area contributed by atoms with Crippen molar-refractivity contribution in [1.82, 2.24) is 9.35 Å². The second-order valence-corrected chi connectivity index (χ2v) is 13.2. The smallest absolute Gasteiger partial charge is 0.338 e. The van der Waals surface area contributed by atoms with Crippen LogP contribution in [-0.4, -0.2) is 56.0 Å². The van der Waals surface area contributed by atoms with Gasteiger partial charge in [-0.2, -0.15) is 0 Å². The maximum atomic E-state index is 13.3. The van der Waals surface area contributed by atoms with E-state index in [0.29, 0.717) is 40.4 Å². The number of fused-ring (bicyclic) bond motifs is 2. The molecule has 6 rings (SSSR count). The zero-order valence-electron chi connectivity index (χ0n) is 27.8. The van der Waals surface area contributed by atoms with Crippen molar-refractivity contribution in [2.24, 2.45) is 21.8 Å². The fourth-order valence-corrected chi connectivity index (χ4v) is 7.76. The minimum atomic E-state index is -1.15. The van der Waals surface area contributed by atoms with Crippen molar-refractivity contribution in [1.29, 1.82) is 0 Å². The van der Waals surface area contributed by atoms with Crippen LogP contribution in [0.25, 0.3) is 29.9 Å². The van der Waals surface area contributed by atoms with Crippen molar-refractivity contribution in [2.45, 2.75) is 66.7 Å². The highest BCUT2D eigenvalue weighted by atomic mass is 127. The van der Waals surface area contributed by atoms with E-state index in [1.165, 1.54) is 7.11 Å². The number of hydrogen-bond acceptors (Lipinski definition) is 7. The van der Waals surface area contributed by atoms with Gasteiger partial charge in [-0.3, -0.25) is 14.6 Å². The molecule has 6 bridgehead atoms. The van der Waals surface area contributed by atoms with Gasteiger partial charge in [0, 0.05) is 35.1 Å². The SMILES string of the molecule is CCC1=C(C)C2=Cc3c(/C=C/I)c(C)c4n3Nn3c(c(C)c(C(=O)O)c3=C(CC(=O)OC)C3=NC(=C4)[C@@H](C)[C@@H]3CCCC(=O)O)=CC1=N2. The van der Waals surface area contributed by atoms with Crippen LogP contribution in [0.15, 0.2) is 36.6 Å². The van der Waals surface area contributed by atoms with Crippen LogP contribution < -0.4 is 16.2 Å². The lowest BCUT2D eigenvalue weighted by atomic mass is 9.82. The van der Waals surface area contributed by atoms with Crippen molar-refractivity contribution in [3.63, 3.8) is 0 Å². The van der Waals surface area contributed by atoms with E-state index >= 15 is 0 Å². The monoisotopic (exact) mass is 763 g/mol. The van der Waals surface area contributed by atoms with Gasteiger partial charge in [0.25, 0.3) is 0 Å². The van der Waals surface area contributed by atoms with Crippen LogP contribution in [0.3, 0.4) is 0 Å². The first-order chi connectivity index (χ1) is 22.9. The number of aromatic nitrogens is 2. The Morgan fingerprint density at radius 3 is 2.44 bits per heavy atom. The van der Waals surface area contributed by atoms with E-state index in [1.807, 2.05) is 27.0 Å². The average molecular weight is 764 g/mol. The number of ether oxygens (including phenoxy) is 1. The molecule has 4 aliphatic heterocycles. The van der Waals surface area contributed by atoms with E-state index in [4.69, 9.17) is 14.7 Å². The van der Waals surface area contributed by atoms with Gasteiger partial charge in [-0.05, 0) is 90.7 Å². The molecule has 0 spiro atoms. The first-order valence-corrected chi connectivity index (χ1v) is 17.2. The van der Waals surface area contributed by atoms with Gasteiger partial charge in [-0.15, -0.1) is 0 Å². The molecule has 0 unspecified atom stereocenters. The molecular formula is C36H38IN5O6. The van der Waals surface area contributed by atoms with Crippen LogP contribution in [0.1, 0.15) is 91.3 Å². The van der Waals surface area contributed by atoms with Crippen molar-refractivity contribution in [3.8, 4) is 0 Å². The van der Waals surface area contributed by atoms with Crippen LogP contribution in [0, 0.1) is 25.7 Å². The number of nitrogens with one attached hydrogen (secondary N) is 1. The molecular weight excluding hydrogens is 725 g/mol. The third-order valence-corrected chi connectivity index (χ3v) is 10.3. The third-order valence-electron chi connectivity index (χ3n) is 9.94. The second-order valence-electron chi connectivity index (χ2n) is 12.5. The fourth-order valence-electron chi connectivity index (χ4n) is 7.40. The molecule has 48 heavy (non-hydrogen) atoms. The number of rotatable bonds is 9. The molecule has 0 amide bonds. The van der Waals surface area contributed by atoms with E-state index in [1.54, 1.807) is 11.6 Å². The van der Waals surface area contributed by atoms with E-state index in [9.17, 15) is 24.6 Å². The Labute approximate surface area is 291 Å². The summed E-state index contributed by atoms with van der Waals surface area (Å²) in [5.74, 6) is -2.99. The topological polar surface area (TPSA) is 148 Å². The predicted molar refractivity (Wildman–Crippen MR) is 195 cm³/mol. The molecule has 2 aromatic rings. The lowest BCUT2D eigenvalue weighted by Gasteiger charge is -2.20. The number of carbonyl (C=O) groups excluding carboxylic acids is 1. The zero-order chi connectivity index (χ0) is 34.6. The number of carboxylic acids is 2. The maximum absolute atomic E-state index is 13.3. The number of hydrogen-bond donors (Lipinski definition) is 3. The molecule has 0 aromatic carbocycles. The van der Waals surface area contributed by atoms with Gasteiger partial charge in [0.05, 0.1) is 58.3 Å². The highest BCUT2D eigenvalue weighted by Crippen LogP contribution is 2.40. The minimum Gasteiger partial charge on any atom is -0.481 e. The Bertz CT molecular complexity index is 2120. The molecule has 4 aliphatic rings. The zero-order valence-corrected chi connectivity index (χ0v) is 29.9. The van der Waals surface area contributed by atoms with Gasteiger partial charge < -0.3 is 14.9 Å². The molecule has 2 atom stereocenters. The van der Waals surface area contributed by atoms with Crippen molar-refractivity contribution >= 4 is 81.8 Å². The van der Waals surface area contributed by atoms with Crippen LogP contribution in [0.2, 0.25) is 0 Å². The number of aromatic carboxylic acids is 1. The molecule has 11 nitrogen and oxygen atoms in total. The Hall–Kier alpha value is -4.46. The van der Waals surface area contributed by atoms with Crippen LogP contribution in [0.5, 0.6) is 0 Å². The summed E-state index contributed by atoms with van der Waals surface area (Å²) in [4.78, 5) is 48.2. The summed E-state index contributed by atoms with van der Waals surface area (Å²) in [5.41, 5.74) is 13.2. The standard InChI is InChI=1S/C36H38IN5O6/c1-7-21-17(2)25-15-30-22(11-12-37)19(4)28-14-26-18(3)23(9-8-10-31(43)44)34(39-26)24(13-32(45)48-6)35-33(36(46)47)20(5)29(16-27(21)38-25)42(35)40-41(28)30/h11-12,14-16,18,23,40H,7-10,13H2,1-6H3,(H,43,44)(H,46,47)/b12-11+,25-15?,26-14?,27-16?,28-14?,29-16?,30-15?,34-24?,35-24?/t18-,23-/m0/s1. The summed E-state index contributed by atoms with van der Waals surface area (Å²) in [5, 5.41) is 21.2. The Kier molecular flexibility index (Phi) is 8.96. The van der Waals surface area contributed by atoms with E-state index in [2.05, 4.69) is 61.9 Å². The summed E-state index contributed by atoms with van der Waals surface area (Å²) in [7, 11) is 1.30. The lowest BCUT2D eigenvalue weighted by Crippen LogP contribution is -2.42. The van der Waals surface area contributed by atoms with Gasteiger partial charge in [0.15, 0.2) is 0 Å². The number of nitrogens with zero attached hydrogens (tertiary/aromatic N) is 4. The molecule has 0 saturated carbocycles. The lowest BCUT2D eigenvalue weighted by molar-refractivity contribution is -0.139. The first kappa shape index (κ1) is 33.4. The number of allylic oxidation sites excluding steroid dienone is 3. The van der Waals surface area contributed by atoms with E-state index < -0.39 is 17.9 Å². The molecule has 0 fully saturated rings. The number of esters is 1. The Morgan fingerprint density at radius 1 is 1.04 bits per heavy atom. The number of aliphatic imine (C=N–C) groups is 2. The van der Waals surface area contributed by atoms with Crippen molar-refractivity contribution < 1.29 is 29.3 Å². The molecule has 6 heterocycles. The largest absolute Gasteiger partial charge is 0.481 e. The minimum absolute atomic E-state index is 0.0147. The number of halogens is 1. The normalized spacial score (nSPS) is 19.4. The van der Waals surface area contributed by atoms with Crippen LogP contribution in [0.4, 0.5) is 0 Å². The second kappa shape index (κ2) is 12.9. The van der Waals surface area contributed by atoms with E-state index in [-0.39, 0.29) is 30.2 Å². The Balaban J connectivity index is 1.85. The molecule has 0 aliphatic carbocycles. The van der Waals surface area contributed by atoms with Crippen molar-refractivity contribution in [3.05, 3.63) is 71.0 Å². The maximum Gasteiger partial charge on any atom is 0.338 e. The van der Waals surface area contributed by atoms with Crippen molar-refractivity contribution in [2.75, 3.05) is 12.6 Å². The molecule has 12 heteroatoms. The van der Waals surface area contributed by atoms with Gasteiger partial charge in [-0.1, -0.05) is 36.4 Å². The Morgan fingerprint density at radius 2 is 1.79 bits per heavy atom.